The second-order valence-electron chi connectivity index (χ2n) is 10.4. The van der Waals surface area contributed by atoms with Crippen molar-refractivity contribution in [2.75, 3.05) is 26.4 Å². The number of rotatable bonds is 11. The molecule has 7 heteroatoms. The lowest BCUT2D eigenvalue weighted by atomic mass is 9.94. The lowest BCUT2D eigenvalue weighted by Crippen LogP contribution is -2.44. The van der Waals surface area contributed by atoms with Gasteiger partial charge < -0.3 is 23.4 Å². The number of carbonyl (C=O) groups excluding carboxylic acids is 1. The minimum Gasteiger partial charge on any atom is -0.460 e. The highest BCUT2D eigenvalue weighted by molar-refractivity contribution is 6.74. The van der Waals surface area contributed by atoms with Gasteiger partial charge in [-0.25, -0.2) is 4.79 Å². The van der Waals surface area contributed by atoms with Crippen molar-refractivity contribution in [1.29, 1.82) is 0 Å². The van der Waals surface area contributed by atoms with E-state index in [2.05, 4.69) is 52.6 Å². The van der Waals surface area contributed by atoms with Crippen molar-refractivity contribution in [3.8, 4) is 0 Å². The minimum absolute atomic E-state index is 0.0433. The molecule has 0 amide bonds. The first-order valence-corrected chi connectivity index (χ1v) is 14.9. The van der Waals surface area contributed by atoms with E-state index in [-0.39, 0.29) is 54.6 Å². The van der Waals surface area contributed by atoms with Crippen LogP contribution < -0.4 is 0 Å². The number of carbonyl (C=O) groups is 1. The number of hydrogen-bond donors (Lipinski definition) is 0. The third-order valence-electron chi connectivity index (χ3n) is 6.97. The molecule has 0 aromatic heterocycles. The number of allylic oxidation sites excluding steroid dienone is 1. The molecule has 1 heterocycles. The van der Waals surface area contributed by atoms with E-state index >= 15 is 0 Å². The Bertz CT molecular complexity index is 620. The summed E-state index contributed by atoms with van der Waals surface area (Å²) in [5.74, 6) is -0.135. The maximum Gasteiger partial charge on any atom is 0.332 e. The molecule has 0 bridgehead atoms. The fourth-order valence-electron chi connectivity index (χ4n) is 4.03. The highest BCUT2D eigenvalue weighted by Crippen LogP contribution is 2.42. The van der Waals surface area contributed by atoms with E-state index in [0.29, 0.717) is 13.0 Å². The topological polar surface area (TPSA) is 63.2 Å². The van der Waals surface area contributed by atoms with Gasteiger partial charge in [0.15, 0.2) is 14.6 Å². The van der Waals surface area contributed by atoms with Crippen LogP contribution in [0.4, 0.5) is 0 Å². The van der Waals surface area contributed by atoms with Crippen molar-refractivity contribution >= 4 is 14.3 Å². The van der Waals surface area contributed by atoms with E-state index in [9.17, 15) is 4.79 Å². The molecular weight excluding hydrogens is 424 g/mol. The zero-order valence-electron chi connectivity index (χ0n) is 20.9. The zero-order valence-corrected chi connectivity index (χ0v) is 21.9. The number of esters is 1. The molecule has 1 aliphatic heterocycles. The van der Waals surface area contributed by atoms with Crippen LogP contribution in [0.1, 0.15) is 53.4 Å². The fourth-order valence-corrected chi connectivity index (χ4v) is 5.07. The average Bonchev–Trinajstić information content (AvgIpc) is 3.05. The second kappa shape index (κ2) is 12.5. The first-order chi connectivity index (χ1) is 15.1. The molecular formula is C25H44O6Si. The minimum atomic E-state index is -1.92. The van der Waals surface area contributed by atoms with Gasteiger partial charge in [-0.3, -0.25) is 0 Å². The van der Waals surface area contributed by atoms with Gasteiger partial charge in [-0.15, -0.1) is 0 Å². The van der Waals surface area contributed by atoms with Crippen LogP contribution in [0.15, 0.2) is 24.8 Å². The number of hydrogen-bond acceptors (Lipinski definition) is 6. The van der Waals surface area contributed by atoms with Crippen molar-refractivity contribution in [2.45, 2.75) is 90.0 Å². The Kier molecular flexibility index (Phi) is 10.6. The van der Waals surface area contributed by atoms with Crippen LogP contribution in [0, 0.1) is 11.8 Å². The van der Waals surface area contributed by atoms with Crippen LogP contribution in [0.2, 0.25) is 18.1 Å². The third-order valence-corrected chi connectivity index (χ3v) is 11.5. The lowest BCUT2D eigenvalue weighted by molar-refractivity contribution is -0.197. The van der Waals surface area contributed by atoms with Gasteiger partial charge in [0.2, 0.25) is 0 Å². The summed E-state index contributed by atoms with van der Waals surface area (Å²) in [4.78, 5) is 12.0. The normalized spacial score (nSPS) is 29.4. The first-order valence-electron chi connectivity index (χ1n) is 12.0. The standard InChI is InChI=1S/C25H44O6Si/c1-8-12-19-20(17-30-32(6,7)25(3,4)5)22(31-24-13-10-11-15-28-24)16-21(19)29-18-23(26)27-14-9-2/h8-9,12,19-22,24H,2,10-11,13-18H2,1,3-7H3/t19-,20-,21+,22-,24?/m1/s1. The summed E-state index contributed by atoms with van der Waals surface area (Å²) in [6, 6.07) is 0. The van der Waals surface area contributed by atoms with Gasteiger partial charge in [-0.2, -0.15) is 0 Å². The molecule has 5 atom stereocenters. The Hall–Kier alpha value is -0.993. The second-order valence-corrected chi connectivity index (χ2v) is 15.2. The van der Waals surface area contributed by atoms with E-state index in [0.717, 1.165) is 25.9 Å². The largest absolute Gasteiger partial charge is 0.460 e. The Balaban J connectivity index is 2.13. The van der Waals surface area contributed by atoms with Crippen LogP contribution in [0.25, 0.3) is 0 Å². The van der Waals surface area contributed by atoms with E-state index < -0.39 is 8.32 Å². The molecule has 0 radical (unpaired) electrons. The Morgan fingerprint density at radius 2 is 1.97 bits per heavy atom. The molecule has 2 fully saturated rings. The predicted molar refractivity (Wildman–Crippen MR) is 129 cm³/mol. The molecule has 0 N–H and O–H groups in total. The maximum absolute atomic E-state index is 12.0. The van der Waals surface area contributed by atoms with E-state index in [4.69, 9.17) is 23.4 Å². The molecule has 32 heavy (non-hydrogen) atoms. The monoisotopic (exact) mass is 468 g/mol. The van der Waals surface area contributed by atoms with Gasteiger partial charge in [-0.05, 0) is 44.3 Å². The molecule has 1 unspecified atom stereocenters. The van der Waals surface area contributed by atoms with Crippen molar-refractivity contribution in [1.82, 2.24) is 0 Å². The summed E-state index contributed by atoms with van der Waals surface area (Å²) in [6.45, 7) is 18.4. The molecule has 0 aromatic rings. The van der Waals surface area contributed by atoms with E-state index in [1.807, 2.05) is 6.92 Å². The van der Waals surface area contributed by atoms with Crippen molar-refractivity contribution in [3.63, 3.8) is 0 Å². The highest BCUT2D eigenvalue weighted by atomic mass is 28.4. The van der Waals surface area contributed by atoms with E-state index in [1.54, 1.807) is 6.08 Å². The Morgan fingerprint density at radius 3 is 2.56 bits per heavy atom. The smallest absolute Gasteiger partial charge is 0.332 e. The molecule has 6 nitrogen and oxygen atoms in total. The molecule has 184 valence electrons. The van der Waals surface area contributed by atoms with Crippen LogP contribution in [0.5, 0.6) is 0 Å². The molecule has 1 saturated carbocycles. The van der Waals surface area contributed by atoms with Gasteiger partial charge >= 0.3 is 5.97 Å². The summed E-state index contributed by atoms with van der Waals surface area (Å²) in [5, 5.41) is 0.134. The Morgan fingerprint density at radius 1 is 1.22 bits per heavy atom. The van der Waals surface area contributed by atoms with Gasteiger partial charge in [0, 0.05) is 31.5 Å². The first kappa shape index (κ1) is 27.3. The van der Waals surface area contributed by atoms with Gasteiger partial charge in [0.1, 0.15) is 13.2 Å². The quantitative estimate of drug-likeness (QED) is 0.235. The molecule has 1 aliphatic carbocycles. The van der Waals surface area contributed by atoms with Crippen LogP contribution in [-0.2, 0) is 28.2 Å². The fraction of sp³-hybridized carbons (Fsp3) is 0.800. The van der Waals surface area contributed by atoms with Gasteiger partial charge in [0.25, 0.3) is 0 Å². The van der Waals surface area contributed by atoms with Crippen molar-refractivity contribution in [2.24, 2.45) is 11.8 Å². The Labute approximate surface area is 195 Å². The summed E-state index contributed by atoms with van der Waals surface area (Å²) >= 11 is 0. The van der Waals surface area contributed by atoms with Gasteiger partial charge in [-0.1, -0.05) is 45.6 Å². The number of ether oxygens (including phenoxy) is 4. The molecule has 2 rings (SSSR count). The summed E-state index contributed by atoms with van der Waals surface area (Å²) in [7, 11) is -1.92. The lowest BCUT2D eigenvalue weighted by Gasteiger charge is -2.38. The van der Waals surface area contributed by atoms with Crippen LogP contribution in [-0.4, -0.2) is 59.2 Å². The van der Waals surface area contributed by atoms with Crippen LogP contribution >= 0.6 is 0 Å². The summed E-state index contributed by atoms with van der Waals surface area (Å²) in [5.41, 5.74) is 0. The zero-order chi connectivity index (χ0) is 23.8. The predicted octanol–water partition coefficient (Wildman–Crippen LogP) is 5.25. The maximum atomic E-state index is 12.0. The SMILES string of the molecule is C=CCOC(=O)CO[C@H]1C[C@@H](OC2CCCCO2)[C@H](CO[Si](C)(C)C(C)(C)C)[C@H]1C=CC. The van der Waals surface area contributed by atoms with Gasteiger partial charge in [0.05, 0.1) is 12.2 Å². The molecule has 0 spiro atoms. The highest BCUT2D eigenvalue weighted by Gasteiger charge is 2.46. The van der Waals surface area contributed by atoms with Crippen molar-refractivity contribution in [3.05, 3.63) is 24.8 Å². The average molecular weight is 469 g/mol. The molecule has 2 aliphatic rings. The molecule has 1 saturated heterocycles. The summed E-state index contributed by atoms with van der Waals surface area (Å²) < 4.78 is 30.1. The van der Waals surface area contributed by atoms with E-state index in [1.165, 1.54) is 0 Å². The summed E-state index contributed by atoms with van der Waals surface area (Å²) in [6.07, 6.45) is 9.25. The third kappa shape index (κ3) is 7.80. The van der Waals surface area contributed by atoms with Crippen LogP contribution in [0.3, 0.4) is 0 Å². The molecule has 0 aromatic carbocycles. The van der Waals surface area contributed by atoms with Crippen molar-refractivity contribution < 1.29 is 28.2 Å².